The molecule has 0 unspecified atom stereocenters. The summed E-state index contributed by atoms with van der Waals surface area (Å²) in [6, 6.07) is 14.1. The zero-order valence-electron chi connectivity index (χ0n) is 45.8. The number of hydrogen-bond acceptors (Lipinski definition) is 14. The van der Waals surface area contributed by atoms with Crippen LogP contribution in [0.3, 0.4) is 0 Å². The largest absolute Gasteiger partial charge is 0.391 e. The number of nitrogens with one attached hydrogen (secondary N) is 6. The van der Waals surface area contributed by atoms with Crippen LogP contribution in [0.2, 0.25) is 0 Å². The highest BCUT2D eigenvalue weighted by Gasteiger charge is 2.44. The molecule has 3 atom stereocenters. The fraction of sp³-hybridized carbons (Fsp3) is 0.542. The van der Waals surface area contributed by atoms with Gasteiger partial charge in [-0.2, -0.15) is 0 Å². The van der Waals surface area contributed by atoms with E-state index in [1.54, 1.807) is 29.9 Å². The molecule has 1 aliphatic heterocycles. The van der Waals surface area contributed by atoms with E-state index in [0.29, 0.717) is 49.4 Å². The van der Waals surface area contributed by atoms with Crippen LogP contribution in [0.4, 0.5) is 17.3 Å². The molecule has 18 nitrogen and oxygen atoms in total. The number of fused-ring (bicyclic) bond motifs is 1. The number of unbranched alkanes of at least 4 members (excludes halogenated alkanes) is 6. The van der Waals surface area contributed by atoms with Crippen LogP contribution in [0.15, 0.2) is 72.6 Å². The Hall–Kier alpha value is -6.57. The van der Waals surface area contributed by atoms with Gasteiger partial charge in [-0.05, 0) is 106 Å². The summed E-state index contributed by atoms with van der Waals surface area (Å²) in [5.41, 5.74) is 6.21. The molecule has 5 amide bonds. The number of carbonyl (C=O) groups is 5. The van der Waals surface area contributed by atoms with E-state index < -0.39 is 23.6 Å². The highest BCUT2D eigenvalue weighted by Crippen LogP contribution is 2.32. The number of aliphatic hydroxyl groups excluding tert-OH is 1. The Morgan fingerprint density at radius 1 is 0.808 bits per heavy atom. The Labute approximate surface area is 462 Å². The second-order valence-corrected chi connectivity index (χ2v) is 23.2. The number of nitrogens with zero attached hydrogens (tertiary/aromatic N) is 5. The smallest absolute Gasteiger partial charge is 0.255 e. The summed E-state index contributed by atoms with van der Waals surface area (Å²) in [6.07, 6.45) is 17.1. The average Bonchev–Trinajstić information content (AvgIpc) is 4.05. The Bertz CT molecular complexity index is 2810. The monoisotopic (exact) mass is 1090 g/mol. The molecule has 4 aromatic heterocycles. The van der Waals surface area contributed by atoms with Crippen molar-refractivity contribution in [3.05, 3.63) is 89.5 Å². The Morgan fingerprint density at radius 3 is 2.27 bits per heavy atom. The van der Waals surface area contributed by atoms with Crippen LogP contribution in [0.1, 0.15) is 145 Å². The third-order valence-electron chi connectivity index (χ3n) is 14.9. The highest BCUT2D eigenvalue weighted by molar-refractivity contribution is 7.13. The number of aliphatic hydroxyl groups is 1. The molecule has 1 aromatic carbocycles. The molecule has 19 heteroatoms. The summed E-state index contributed by atoms with van der Waals surface area (Å²) in [5, 5.41) is 30.6. The third-order valence-corrected chi connectivity index (χ3v) is 15.9. The number of carbonyl (C=O) groups excluding carboxylic acids is 5. The minimum atomic E-state index is -0.864. The molecule has 418 valence electrons. The highest BCUT2D eigenvalue weighted by atomic mass is 32.1. The first-order valence-electron chi connectivity index (χ1n) is 28.1. The van der Waals surface area contributed by atoms with Crippen molar-refractivity contribution in [1.29, 1.82) is 0 Å². The van der Waals surface area contributed by atoms with Crippen molar-refractivity contribution >= 4 is 69.1 Å². The lowest BCUT2D eigenvalue weighted by atomic mass is 9.85. The van der Waals surface area contributed by atoms with E-state index in [0.717, 1.165) is 122 Å². The molecule has 0 radical (unpaired) electrons. The second kappa shape index (κ2) is 27.8. The maximum absolute atomic E-state index is 14.0. The molecule has 1 saturated heterocycles. The van der Waals surface area contributed by atoms with Gasteiger partial charge >= 0.3 is 0 Å². The summed E-state index contributed by atoms with van der Waals surface area (Å²) in [7, 11) is 0. The SMILES string of the molecule is Cc1ncsc1-c1ccc(CNC(=O)[C@@H]2C[C@@H](O)CN2C(=O)[C@H](NC(=O)CCCCCOCCCCCCCNC(=O)C2CCC(NC(=O)c3cnc(Nc4ccc5cnccc5n4)cc3NC3CC3)CC2)C(C)(C)C)cc1. The number of aryl methyl sites for hydroxylation is 1. The van der Waals surface area contributed by atoms with Crippen molar-refractivity contribution in [3.8, 4) is 10.4 Å². The van der Waals surface area contributed by atoms with Crippen molar-refractivity contribution < 1.29 is 33.8 Å². The number of ether oxygens (including phenoxy) is 1. The standard InChI is InChI=1S/C59H79N11O7S/c1-38-53(78-37-64-38)40-16-14-39(15-17-40)33-63-57(75)49-31-45(71)36-70(49)58(76)54(59(2,3)4)69-52(72)13-9-8-12-30-77-29-11-7-5-6-10-27-61-55(73)41-18-21-44(22-19-41)66-56(74)46-35-62-51(32-48(46)65-43-23-24-43)68-50-25-20-42-34-60-28-26-47(42)67-50/h14-17,20,25-26,28,32,34-35,37,41,43-45,49,54,71H,5-13,18-19,21-24,27,29-31,33,36H2,1-4H3,(H,61,73)(H,63,75)(H,66,74)(H,69,72)(H2,62,65,67,68)/t41?,44?,45-,49+,54+/m1/s1. The topological polar surface area (TPSA) is 242 Å². The van der Waals surface area contributed by atoms with Gasteiger partial charge in [0.15, 0.2) is 0 Å². The van der Waals surface area contributed by atoms with Crippen molar-refractivity contribution in [1.82, 2.24) is 46.1 Å². The summed E-state index contributed by atoms with van der Waals surface area (Å²) >= 11 is 1.58. The van der Waals surface area contributed by atoms with E-state index in [2.05, 4.69) is 51.8 Å². The number of benzene rings is 1. The number of thiazole rings is 1. The lowest BCUT2D eigenvalue weighted by Crippen LogP contribution is -2.57. The van der Waals surface area contributed by atoms with Gasteiger partial charge in [-0.1, -0.05) is 70.7 Å². The fourth-order valence-corrected chi connectivity index (χ4v) is 11.0. The second-order valence-electron chi connectivity index (χ2n) is 22.4. The normalized spacial score (nSPS) is 18.8. The molecule has 0 bridgehead atoms. The Kier molecular flexibility index (Phi) is 20.6. The van der Waals surface area contributed by atoms with Gasteiger partial charge in [0.25, 0.3) is 5.91 Å². The maximum atomic E-state index is 14.0. The van der Waals surface area contributed by atoms with Crippen LogP contribution in [0, 0.1) is 18.3 Å². The van der Waals surface area contributed by atoms with E-state index in [1.807, 2.05) is 81.7 Å². The van der Waals surface area contributed by atoms with Crippen LogP contribution in [0.5, 0.6) is 0 Å². The van der Waals surface area contributed by atoms with Crippen LogP contribution < -0.4 is 31.9 Å². The molecule has 5 aromatic rings. The minimum absolute atomic E-state index is 0.00298. The molecule has 5 heterocycles. The van der Waals surface area contributed by atoms with Gasteiger partial charge in [0, 0.05) is 93.7 Å². The number of likely N-dealkylation sites (tertiary alicyclic amines) is 1. The van der Waals surface area contributed by atoms with Gasteiger partial charge in [0.1, 0.15) is 23.7 Å². The van der Waals surface area contributed by atoms with Crippen LogP contribution in [-0.2, 0) is 30.5 Å². The number of pyridine rings is 3. The van der Waals surface area contributed by atoms with Gasteiger partial charge in [-0.25, -0.2) is 15.0 Å². The van der Waals surface area contributed by atoms with Crippen LogP contribution in [-0.4, -0.2) is 116 Å². The van der Waals surface area contributed by atoms with Gasteiger partial charge in [-0.15, -0.1) is 11.3 Å². The number of anilines is 3. The molecular weight excluding hydrogens is 1010 g/mol. The minimum Gasteiger partial charge on any atom is -0.391 e. The van der Waals surface area contributed by atoms with E-state index in [1.165, 1.54) is 4.90 Å². The first-order valence-corrected chi connectivity index (χ1v) is 29.0. The van der Waals surface area contributed by atoms with E-state index >= 15 is 0 Å². The summed E-state index contributed by atoms with van der Waals surface area (Å²) in [4.78, 5) is 87.5. The lowest BCUT2D eigenvalue weighted by Gasteiger charge is -2.35. The van der Waals surface area contributed by atoms with Gasteiger partial charge in [0.05, 0.1) is 39.0 Å². The first kappa shape index (κ1) is 57.6. The van der Waals surface area contributed by atoms with Crippen molar-refractivity contribution in [2.75, 3.05) is 36.9 Å². The Balaban J connectivity index is 0.637. The maximum Gasteiger partial charge on any atom is 0.255 e. The van der Waals surface area contributed by atoms with Gasteiger partial charge in [-0.3, -0.25) is 29.0 Å². The lowest BCUT2D eigenvalue weighted by molar-refractivity contribution is -0.144. The molecule has 78 heavy (non-hydrogen) atoms. The Morgan fingerprint density at radius 2 is 1.54 bits per heavy atom. The zero-order chi connectivity index (χ0) is 55.0. The van der Waals surface area contributed by atoms with Gasteiger partial charge in [0.2, 0.25) is 23.6 Å². The molecule has 2 saturated carbocycles. The van der Waals surface area contributed by atoms with E-state index in [9.17, 15) is 29.1 Å². The molecule has 2 aliphatic carbocycles. The number of β-amino-alcohol motifs (C(OH)–C–C–N with tert-alkyl or cyclic N) is 1. The fourth-order valence-electron chi connectivity index (χ4n) is 10.2. The van der Waals surface area contributed by atoms with Crippen LogP contribution in [0.25, 0.3) is 21.3 Å². The quantitative estimate of drug-likeness (QED) is 0.0244. The molecule has 0 spiro atoms. The number of hydrogen-bond donors (Lipinski definition) is 7. The first-order chi connectivity index (χ1) is 37.7. The average molecular weight is 1090 g/mol. The van der Waals surface area contributed by atoms with E-state index in [4.69, 9.17) is 4.74 Å². The zero-order valence-corrected chi connectivity index (χ0v) is 46.6. The van der Waals surface area contributed by atoms with Crippen molar-refractivity contribution in [2.45, 2.75) is 167 Å². The number of amides is 5. The summed E-state index contributed by atoms with van der Waals surface area (Å²) in [6.45, 7) is 9.90. The third kappa shape index (κ3) is 16.7. The molecule has 8 rings (SSSR count). The van der Waals surface area contributed by atoms with Crippen molar-refractivity contribution in [2.24, 2.45) is 11.3 Å². The summed E-state index contributed by atoms with van der Waals surface area (Å²) < 4.78 is 5.88. The number of rotatable bonds is 27. The molecule has 3 fully saturated rings. The summed E-state index contributed by atoms with van der Waals surface area (Å²) in [5.74, 6) is 0.217. The number of aromatic nitrogens is 4. The molecule has 7 N–H and O–H groups in total. The van der Waals surface area contributed by atoms with E-state index in [-0.39, 0.29) is 67.4 Å². The molecule has 3 aliphatic rings. The van der Waals surface area contributed by atoms with Gasteiger partial charge < -0.3 is 46.6 Å². The van der Waals surface area contributed by atoms with Crippen LogP contribution >= 0.6 is 11.3 Å². The van der Waals surface area contributed by atoms with Crippen molar-refractivity contribution in [3.63, 3.8) is 0 Å². The molecular formula is C59H79N11O7S. The predicted octanol–water partition coefficient (Wildman–Crippen LogP) is 8.52. The predicted molar refractivity (Wildman–Crippen MR) is 304 cm³/mol.